The van der Waals surface area contributed by atoms with Crippen molar-refractivity contribution in [2.75, 3.05) is 0 Å². The number of hydrogen-bond donors (Lipinski definition) is 0. The summed E-state index contributed by atoms with van der Waals surface area (Å²) in [4.78, 5) is 0. The highest BCUT2D eigenvalue weighted by molar-refractivity contribution is 6.29. The van der Waals surface area contributed by atoms with Crippen LogP contribution >= 0.6 is 0 Å². The third-order valence-electron chi connectivity index (χ3n) is 12.0. The van der Waals surface area contributed by atoms with Crippen LogP contribution in [0.2, 0.25) is 0 Å². The molecular formula is C53H34N2. The number of aromatic nitrogens is 2. The molecule has 0 radical (unpaired) electrons. The summed E-state index contributed by atoms with van der Waals surface area (Å²) in [6.07, 6.45) is 0.884. The minimum absolute atomic E-state index is 0.884. The smallest absolute Gasteiger partial charge is 0.0549 e. The predicted octanol–water partition coefficient (Wildman–Crippen LogP) is 13.9. The van der Waals surface area contributed by atoms with E-state index in [1.54, 1.807) is 0 Å². The van der Waals surface area contributed by atoms with Crippen LogP contribution in [0.3, 0.4) is 0 Å². The molecule has 0 N–H and O–H groups in total. The van der Waals surface area contributed by atoms with Gasteiger partial charge in [-0.2, -0.15) is 0 Å². The van der Waals surface area contributed by atoms with Crippen LogP contribution in [0, 0.1) is 0 Å². The Morgan fingerprint density at radius 2 is 0.818 bits per heavy atom. The first-order chi connectivity index (χ1) is 27.3. The normalized spacial score (nSPS) is 12.3. The molecule has 256 valence electrons. The summed E-state index contributed by atoms with van der Waals surface area (Å²) in [6.45, 7) is 0. The molecule has 0 unspecified atom stereocenters. The summed E-state index contributed by atoms with van der Waals surface area (Å²) < 4.78 is 4.98. The van der Waals surface area contributed by atoms with Gasteiger partial charge in [0, 0.05) is 33.7 Å². The molecule has 2 heterocycles. The van der Waals surface area contributed by atoms with E-state index in [0.717, 1.165) is 12.1 Å². The average Bonchev–Trinajstić information content (AvgIpc) is 3.92. The number of hydrogen-bond acceptors (Lipinski definition) is 0. The Bertz CT molecular complexity index is 3320. The molecule has 55 heavy (non-hydrogen) atoms. The zero-order valence-corrected chi connectivity index (χ0v) is 30.1. The lowest BCUT2D eigenvalue weighted by Gasteiger charge is -2.14. The molecule has 1 aliphatic carbocycles. The molecule has 9 aromatic carbocycles. The van der Waals surface area contributed by atoms with Gasteiger partial charge in [-0.1, -0.05) is 152 Å². The lowest BCUT2D eigenvalue weighted by atomic mass is 9.92. The second kappa shape index (κ2) is 11.7. The van der Waals surface area contributed by atoms with Crippen molar-refractivity contribution in [3.8, 4) is 44.8 Å². The Balaban J connectivity index is 1.08. The van der Waals surface area contributed by atoms with Gasteiger partial charge in [-0.3, -0.25) is 0 Å². The van der Waals surface area contributed by atoms with Crippen molar-refractivity contribution < 1.29 is 0 Å². The van der Waals surface area contributed by atoms with Crippen LogP contribution in [0.15, 0.2) is 194 Å². The molecule has 0 atom stereocenters. The average molecular weight is 699 g/mol. The van der Waals surface area contributed by atoms with Crippen LogP contribution in [-0.4, -0.2) is 9.13 Å². The van der Waals surface area contributed by atoms with Crippen LogP contribution < -0.4 is 0 Å². The van der Waals surface area contributed by atoms with Crippen molar-refractivity contribution in [2.24, 2.45) is 0 Å². The standard InChI is InChI=1S/C53H34N2/c1-2-13-34(14-3-1)35-27-29-37(30-28-35)54-47-24-8-6-18-43(47)52-50(54)31-32-51-53(52)44-19-7-9-25-48(44)55(51)49-26-12-23-42-41-22-11-21-40(45(41)33-46(42)49)39-20-10-16-36-15-4-5-17-38(36)39/h1-32H,33H2. The quantitative estimate of drug-likeness (QED) is 0.173. The first kappa shape index (κ1) is 30.3. The van der Waals surface area contributed by atoms with Crippen molar-refractivity contribution in [3.05, 3.63) is 205 Å². The lowest BCUT2D eigenvalue weighted by molar-refractivity contribution is 1.12. The van der Waals surface area contributed by atoms with Gasteiger partial charge < -0.3 is 9.13 Å². The summed E-state index contributed by atoms with van der Waals surface area (Å²) >= 11 is 0. The van der Waals surface area contributed by atoms with E-state index in [1.165, 1.54) is 105 Å². The Hall–Kier alpha value is -7.16. The summed E-state index contributed by atoms with van der Waals surface area (Å²) in [7, 11) is 0. The molecule has 0 bridgehead atoms. The van der Waals surface area contributed by atoms with Gasteiger partial charge in [0.15, 0.2) is 0 Å². The third-order valence-corrected chi connectivity index (χ3v) is 12.0. The van der Waals surface area contributed by atoms with E-state index in [2.05, 4.69) is 203 Å². The van der Waals surface area contributed by atoms with E-state index in [1.807, 2.05) is 0 Å². The van der Waals surface area contributed by atoms with Crippen LogP contribution in [-0.2, 0) is 6.42 Å². The van der Waals surface area contributed by atoms with E-state index in [9.17, 15) is 0 Å². The van der Waals surface area contributed by atoms with Crippen LogP contribution in [0.4, 0.5) is 0 Å². The van der Waals surface area contributed by atoms with Gasteiger partial charge in [0.2, 0.25) is 0 Å². The zero-order chi connectivity index (χ0) is 36.0. The third kappa shape index (κ3) is 4.37. The van der Waals surface area contributed by atoms with E-state index in [0.29, 0.717) is 0 Å². The molecule has 0 saturated carbocycles. The maximum atomic E-state index is 2.53. The molecule has 11 aromatic rings. The predicted molar refractivity (Wildman–Crippen MR) is 232 cm³/mol. The monoisotopic (exact) mass is 698 g/mol. The zero-order valence-electron chi connectivity index (χ0n) is 30.1. The van der Waals surface area contributed by atoms with Crippen molar-refractivity contribution in [1.29, 1.82) is 0 Å². The second-order valence-electron chi connectivity index (χ2n) is 14.8. The maximum Gasteiger partial charge on any atom is 0.0549 e. The number of fused-ring (bicyclic) bond motifs is 11. The summed E-state index contributed by atoms with van der Waals surface area (Å²) in [5.74, 6) is 0. The summed E-state index contributed by atoms with van der Waals surface area (Å²) in [5, 5.41) is 7.71. The highest BCUT2D eigenvalue weighted by Gasteiger charge is 2.27. The van der Waals surface area contributed by atoms with Gasteiger partial charge in [-0.05, 0) is 97.7 Å². The number of benzene rings is 9. The Labute approximate surface area is 318 Å². The molecule has 0 fully saturated rings. The Kier molecular flexibility index (Phi) is 6.43. The van der Waals surface area contributed by atoms with E-state index >= 15 is 0 Å². The van der Waals surface area contributed by atoms with Crippen molar-refractivity contribution in [2.45, 2.75) is 6.42 Å². The fourth-order valence-electron chi connectivity index (χ4n) is 9.63. The van der Waals surface area contributed by atoms with Gasteiger partial charge in [0.25, 0.3) is 0 Å². The maximum absolute atomic E-state index is 2.53. The summed E-state index contributed by atoms with van der Waals surface area (Å²) in [5.41, 5.74) is 17.8. The van der Waals surface area contributed by atoms with E-state index in [4.69, 9.17) is 0 Å². The fraction of sp³-hybridized carbons (Fsp3) is 0.0189. The van der Waals surface area contributed by atoms with Crippen molar-refractivity contribution in [1.82, 2.24) is 9.13 Å². The van der Waals surface area contributed by atoms with Gasteiger partial charge in [-0.25, -0.2) is 0 Å². The second-order valence-corrected chi connectivity index (χ2v) is 14.8. The minimum atomic E-state index is 0.884. The van der Waals surface area contributed by atoms with Gasteiger partial charge in [0.1, 0.15) is 0 Å². The molecular weight excluding hydrogens is 665 g/mol. The molecule has 0 saturated heterocycles. The SMILES string of the molecule is c1ccc(-c2ccc(-n3c4ccccc4c4c5c6ccccc6n(-c6cccc7c6Cc6c-7cccc6-c6cccc7ccccc67)c5ccc43)cc2)cc1. The minimum Gasteiger partial charge on any atom is -0.309 e. The highest BCUT2D eigenvalue weighted by atomic mass is 15.0. The summed E-state index contributed by atoms with van der Waals surface area (Å²) in [6, 6.07) is 71.4. The Morgan fingerprint density at radius 1 is 0.309 bits per heavy atom. The molecule has 0 spiro atoms. The first-order valence-corrected chi connectivity index (χ1v) is 19.2. The molecule has 2 nitrogen and oxygen atoms in total. The van der Waals surface area contributed by atoms with Gasteiger partial charge in [0.05, 0.1) is 27.8 Å². The highest BCUT2D eigenvalue weighted by Crippen LogP contribution is 2.48. The first-order valence-electron chi connectivity index (χ1n) is 19.2. The molecule has 0 amide bonds. The number of para-hydroxylation sites is 2. The van der Waals surface area contributed by atoms with Crippen molar-refractivity contribution >= 4 is 54.4 Å². The topological polar surface area (TPSA) is 9.86 Å². The van der Waals surface area contributed by atoms with E-state index < -0.39 is 0 Å². The van der Waals surface area contributed by atoms with Crippen molar-refractivity contribution in [3.63, 3.8) is 0 Å². The van der Waals surface area contributed by atoms with Gasteiger partial charge in [-0.15, -0.1) is 0 Å². The molecule has 2 aromatic heterocycles. The van der Waals surface area contributed by atoms with Crippen LogP contribution in [0.25, 0.3) is 99.1 Å². The largest absolute Gasteiger partial charge is 0.309 e. The van der Waals surface area contributed by atoms with Crippen LogP contribution in [0.1, 0.15) is 11.1 Å². The molecule has 0 aliphatic heterocycles. The number of rotatable bonds is 4. The molecule has 12 rings (SSSR count). The molecule has 1 aliphatic rings. The fourth-order valence-corrected chi connectivity index (χ4v) is 9.63. The van der Waals surface area contributed by atoms with E-state index in [-0.39, 0.29) is 0 Å². The van der Waals surface area contributed by atoms with Crippen LogP contribution in [0.5, 0.6) is 0 Å². The molecule has 2 heteroatoms. The Morgan fingerprint density at radius 3 is 1.56 bits per heavy atom. The van der Waals surface area contributed by atoms with Gasteiger partial charge >= 0.3 is 0 Å². The number of nitrogens with zero attached hydrogens (tertiary/aromatic N) is 2. The lowest BCUT2D eigenvalue weighted by Crippen LogP contribution is -1.99.